The number of ketones is 2. The van der Waals surface area contributed by atoms with Crippen molar-refractivity contribution in [1.29, 1.82) is 0 Å². The summed E-state index contributed by atoms with van der Waals surface area (Å²) in [5.41, 5.74) is 2.89. The Kier molecular flexibility index (Phi) is 4.09. The molecule has 2 saturated carbocycles. The van der Waals surface area contributed by atoms with Crippen molar-refractivity contribution in [3.05, 3.63) is 22.8 Å². The molecule has 0 aromatic rings. The molecule has 4 rings (SSSR count). The molecule has 4 aliphatic rings. The third kappa shape index (κ3) is 2.27. The largest absolute Gasteiger partial charge is 0.388 e. The Morgan fingerprint density at radius 2 is 1.96 bits per heavy atom. The Morgan fingerprint density at radius 1 is 1.23 bits per heavy atom. The van der Waals surface area contributed by atoms with Gasteiger partial charge in [-0.1, -0.05) is 19.4 Å². The minimum Gasteiger partial charge on any atom is -0.388 e. The Balaban J connectivity index is 1.75. The van der Waals surface area contributed by atoms with Gasteiger partial charge < -0.3 is 10.2 Å². The lowest BCUT2D eigenvalue weighted by atomic mass is 9.51. The number of hydrogen-bond donors (Lipinski definition) is 2. The number of aliphatic hydroxyl groups excluding tert-OH is 2. The van der Waals surface area contributed by atoms with E-state index in [4.69, 9.17) is 0 Å². The molecule has 142 valence electrons. The summed E-state index contributed by atoms with van der Waals surface area (Å²) in [5, 5.41) is 20.7. The van der Waals surface area contributed by atoms with Crippen LogP contribution < -0.4 is 0 Å². The van der Waals surface area contributed by atoms with E-state index >= 15 is 0 Å². The lowest BCUT2D eigenvalue weighted by Crippen LogP contribution is -2.50. The van der Waals surface area contributed by atoms with Crippen molar-refractivity contribution < 1.29 is 19.8 Å². The highest BCUT2D eigenvalue weighted by atomic mass is 16.3. The van der Waals surface area contributed by atoms with Crippen LogP contribution in [0, 0.1) is 22.7 Å². The van der Waals surface area contributed by atoms with Gasteiger partial charge in [0, 0.05) is 11.8 Å². The molecule has 26 heavy (non-hydrogen) atoms. The van der Waals surface area contributed by atoms with Crippen molar-refractivity contribution in [2.24, 2.45) is 22.7 Å². The van der Waals surface area contributed by atoms with Crippen LogP contribution in [-0.2, 0) is 9.59 Å². The van der Waals surface area contributed by atoms with Crippen LogP contribution in [0.4, 0.5) is 0 Å². The van der Waals surface area contributed by atoms with Gasteiger partial charge >= 0.3 is 0 Å². The molecule has 1 unspecified atom stereocenters. The molecule has 0 heterocycles. The quantitative estimate of drug-likeness (QED) is 0.795. The number of carbonyl (C=O) groups excluding carboxylic acids is 2. The van der Waals surface area contributed by atoms with Gasteiger partial charge in [-0.25, -0.2) is 0 Å². The molecule has 0 radical (unpaired) electrons. The summed E-state index contributed by atoms with van der Waals surface area (Å²) in [6, 6.07) is 0. The van der Waals surface area contributed by atoms with Gasteiger partial charge in [0.05, 0.1) is 6.10 Å². The van der Waals surface area contributed by atoms with Crippen molar-refractivity contribution in [2.45, 2.75) is 77.9 Å². The van der Waals surface area contributed by atoms with Crippen molar-refractivity contribution in [3.63, 3.8) is 0 Å². The summed E-state index contributed by atoms with van der Waals surface area (Å²) in [4.78, 5) is 24.7. The predicted molar refractivity (Wildman–Crippen MR) is 98.3 cm³/mol. The van der Waals surface area contributed by atoms with E-state index in [9.17, 15) is 19.8 Å². The molecule has 4 heteroatoms. The van der Waals surface area contributed by atoms with E-state index in [1.165, 1.54) is 11.1 Å². The molecule has 0 aromatic heterocycles. The van der Waals surface area contributed by atoms with Gasteiger partial charge in [-0.15, -0.1) is 0 Å². The maximum Gasteiger partial charge on any atom is 0.167 e. The summed E-state index contributed by atoms with van der Waals surface area (Å²) in [5.74, 6) is 0.755. The molecule has 0 aliphatic heterocycles. The molecular weight excluding hydrogens is 328 g/mol. The van der Waals surface area contributed by atoms with Gasteiger partial charge in [0.25, 0.3) is 0 Å². The molecule has 6 atom stereocenters. The van der Waals surface area contributed by atoms with E-state index in [1.807, 2.05) is 6.92 Å². The number of Topliss-reactive ketones (excluding diaryl/α,β-unsaturated/α-hetero) is 1. The first-order valence-electron chi connectivity index (χ1n) is 10.1. The molecule has 4 aliphatic carbocycles. The van der Waals surface area contributed by atoms with Crippen LogP contribution in [0.5, 0.6) is 0 Å². The number of aliphatic hydroxyl groups is 2. The number of rotatable bonds is 2. The maximum absolute atomic E-state index is 12.9. The Morgan fingerprint density at radius 3 is 2.65 bits per heavy atom. The predicted octanol–water partition coefficient (Wildman–Crippen LogP) is 3.12. The van der Waals surface area contributed by atoms with Crippen molar-refractivity contribution >= 4 is 11.6 Å². The van der Waals surface area contributed by atoms with E-state index in [2.05, 4.69) is 6.92 Å². The molecule has 2 N–H and O–H groups in total. The first-order valence-corrected chi connectivity index (χ1v) is 10.1. The van der Waals surface area contributed by atoms with Crippen molar-refractivity contribution in [3.8, 4) is 0 Å². The fourth-order valence-electron chi connectivity index (χ4n) is 6.67. The first kappa shape index (κ1) is 18.1. The molecule has 0 aromatic carbocycles. The highest BCUT2D eigenvalue weighted by Gasteiger charge is 2.62. The van der Waals surface area contributed by atoms with Gasteiger partial charge in [-0.3, -0.25) is 9.59 Å². The average molecular weight is 358 g/mol. The minimum absolute atomic E-state index is 0.0289. The summed E-state index contributed by atoms with van der Waals surface area (Å²) >= 11 is 0. The number of fused-ring (bicyclic) bond motifs is 4. The zero-order chi connectivity index (χ0) is 18.9. The van der Waals surface area contributed by atoms with Crippen LogP contribution in [0.3, 0.4) is 0 Å². The fourth-order valence-corrected chi connectivity index (χ4v) is 6.67. The second-order valence-corrected chi connectivity index (χ2v) is 9.36. The molecule has 2 fully saturated rings. The minimum atomic E-state index is -0.925. The summed E-state index contributed by atoms with van der Waals surface area (Å²) in [6.45, 7) is 5.86. The third-order valence-electron chi connectivity index (χ3n) is 8.31. The SMILES string of the molecule is C[C@H](O)C(=O)[C@]1(C)CC[C@H]2[C@@H]3CC(O)C4=CC(=O)CCC4=C3CC[C@@]21C. The smallest absolute Gasteiger partial charge is 0.167 e. The van der Waals surface area contributed by atoms with E-state index < -0.39 is 17.6 Å². The third-order valence-corrected chi connectivity index (χ3v) is 8.31. The maximum atomic E-state index is 12.9. The van der Waals surface area contributed by atoms with Gasteiger partial charge in [0.15, 0.2) is 11.6 Å². The Labute approximate surface area is 155 Å². The van der Waals surface area contributed by atoms with Gasteiger partial charge in [-0.2, -0.15) is 0 Å². The molecule has 0 saturated heterocycles. The highest BCUT2D eigenvalue weighted by Crippen LogP contribution is 2.67. The van der Waals surface area contributed by atoms with Gasteiger partial charge in [0.1, 0.15) is 6.10 Å². The summed E-state index contributed by atoms with van der Waals surface area (Å²) in [6.07, 6.45) is 5.80. The van der Waals surface area contributed by atoms with Crippen molar-refractivity contribution in [2.75, 3.05) is 0 Å². The van der Waals surface area contributed by atoms with E-state index in [0.717, 1.165) is 37.7 Å². The van der Waals surface area contributed by atoms with Crippen LogP contribution in [0.1, 0.15) is 65.7 Å². The zero-order valence-electron chi connectivity index (χ0n) is 16.0. The lowest BCUT2D eigenvalue weighted by molar-refractivity contribution is -0.144. The first-order chi connectivity index (χ1) is 12.2. The van der Waals surface area contributed by atoms with E-state index in [0.29, 0.717) is 24.7 Å². The molecule has 0 spiro atoms. The fraction of sp³-hybridized carbons (Fsp3) is 0.727. The average Bonchev–Trinajstić information content (AvgIpc) is 2.87. The zero-order valence-corrected chi connectivity index (χ0v) is 16.0. The number of hydrogen-bond acceptors (Lipinski definition) is 4. The van der Waals surface area contributed by atoms with E-state index in [1.54, 1.807) is 13.0 Å². The molecule has 0 bridgehead atoms. The standard InChI is InChI=1S/C22H30O4/c1-12(23)20(26)22(3)9-7-18-16-11-19(25)17-10-13(24)4-5-14(17)15(16)6-8-21(18,22)2/h10,12,16,18-19,23,25H,4-9,11H2,1-3H3/t12-,16+,18-,19?,21-,22-/m0/s1. The summed E-state index contributed by atoms with van der Waals surface area (Å²) in [7, 11) is 0. The van der Waals surface area contributed by atoms with Crippen LogP contribution >= 0.6 is 0 Å². The Hall–Kier alpha value is -1.26. The monoisotopic (exact) mass is 358 g/mol. The van der Waals surface area contributed by atoms with Crippen LogP contribution in [-0.4, -0.2) is 34.0 Å². The highest BCUT2D eigenvalue weighted by molar-refractivity contribution is 5.93. The Bertz CT molecular complexity index is 730. The van der Waals surface area contributed by atoms with E-state index in [-0.39, 0.29) is 17.0 Å². The number of allylic oxidation sites excluding steroid dienone is 2. The van der Waals surface area contributed by atoms with Gasteiger partial charge in [-0.05, 0) is 79.9 Å². The van der Waals surface area contributed by atoms with Crippen LogP contribution in [0.25, 0.3) is 0 Å². The molecular formula is C22H30O4. The molecule has 0 amide bonds. The second-order valence-electron chi connectivity index (χ2n) is 9.36. The second kappa shape index (κ2) is 5.87. The van der Waals surface area contributed by atoms with Crippen LogP contribution in [0.15, 0.2) is 22.8 Å². The van der Waals surface area contributed by atoms with Gasteiger partial charge in [0.2, 0.25) is 0 Å². The van der Waals surface area contributed by atoms with Crippen molar-refractivity contribution in [1.82, 2.24) is 0 Å². The lowest BCUT2D eigenvalue weighted by Gasteiger charge is -2.53. The summed E-state index contributed by atoms with van der Waals surface area (Å²) < 4.78 is 0. The number of carbonyl (C=O) groups is 2. The normalized spacial score (nSPS) is 43.3. The topological polar surface area (TPSA) is 74.6 Å². The van der Waals surface area contributed by atoms with Crippen LogP contribution in [0.2, 0.25) is 0 Å². The molecule has 4 nitrogen and oxygen atoms in total.